The number of nitrogens with zero attached hydrogens (tertiary/aromatic N) is 1. The van der Waals surface area contributed by atoms with Crippen molar-refractivity contribution in [2.45, 2.75) is 31.8 Å². The molecule has 112 valence electrons. The van der Waals surface area contributed by atoms with Crippen molar-refractivity contribution in [3.63, 3.8) is 0 Å². The van der Waals surface area contributed by atoms with Gasteiger partial charge in [0.05, 0.1) is 13.2 Å². The van der Waals surface area contributed by atoms with Crippen LogP contribution in [-0.4, -0.2) is 49.8 Å². The predicted molar refractivity (Wildman–Crippen MR) is 84.5 cm³/mol. The Morgan fingerprint density at radius 2 is 1.85 bits per heavy atom. The molecule has 1 aliphatic rings. The Hall–Kier alpha value is -0.610. The highest BCUT2D eigenvalue weighted by Gasteiger charge is 2.35. The van der Waals surface area contributed by atoms with Crippen LogP contribution in [0.3, 0.4) is 0 Å². The molecule has 0 bridgehead atoms. The van der Waals surface area contributed by atoms with E-state index in [1.165, 1.54) is 5.56 Å². The summed E-state index contributed by atoms with van der Waals surface area (Å²) in [5.74, 6) is 0. The molecule has 3 nitrogen and oxygen atoms in total. The quantitative estimate of drug-likeness (QED) is 0.904. The third-order valence-electron chi connectivity index (χ3n) is 4.38. The van der Waals surface area contributed by atoms with Gasteiger partial charge in [0.15, 0.2) is 0 Å². The second-order valence-electron chi connectivity index (χ2n) is 5.92. The van der Waals surface area contributed by atoms with Gasteiger partial charge in [0.25, 0.3) is 0 Å². The Bertz CT molecular complexity index is 413. The van der Waals surface area contributed by atoms with Gasteiger partial charge in [-0.05, 0) is 45.0 Å². The minimum Gasteiger partial charge on any atom is -0.379 e. The van der Waals surface area contributed by atoms with E-state index in [1.54, 1.807) is 0 Å². The molecule has 4 heteroatoms. The number of benzene rings is 1. The van der Waals surface area contributed by atoms with E-state index in [-0.39, 0.29) is 5.54 Å². The van der Waals surface area contributed by atoms with Crippen molar-refractivity contribution in [3.05, 3.63) is 34.9 Å². The van der Waals surface area contributed by atoms with Crippen molar-refractivity contribution in [1.82, 2.24) is 10.2 Å². The average Bonchev–Trinajstić information content (AvgIpc) is 2.47. The summed E-state index contributed by atoms with van der Waals surface area (Å²) in [4.78, 5) is 2.52. The lowest BCUT2D eigenvalue weighted by Gasteiger charge is -2.46. The van der Waals surface area contributed by atoms with Crippen LogP contribution in [0.25, 0.3) is 0 Å². The van der Waals surface area contributed by atoms with Crippen LogP contribution in [0.4, 0.5) is 0 Å². The molecule has 2 rings (SSSR count). The lowest BCUT2D eigenvalue weighted by Crippen LogP contribution is -2.60. The zero-order valence-corrected chi connectivity index (χ0v) is 13.4. The fraction of sp³-hybridized carbons (Fsp3) is 0.625. The van der Waals surface area contributed by atoms with Crippen LogP contribution in [0.2, 0.25) is 5.02 Å². The third kappa shape index (κ3) is 3.73. The number of rotatable bonds is 5. The van der Waals surface area contributed by atoms with Gasteiger partial charge in [0, 0.05) is 29.7 Å². The van der Waals surface area contributed by atoms with Crippen LogP contribution in [0.15, 0.2) is 24.3 Å². The number of hydrogen-bond acceptors (Lipinski definition) is 3. The predicted octanol–water partition coefficient (Wildman–Crippen LogP) is 2.58. The number of nitrogens with one attached hydrogen (secondary N) is 1. The zero-order chi connectivity index (χ0) is 14.6. The number of morpholine rings is 1. The molecule has 1 aromatic carbocycles. The van der Waals surface area contributed by atoms with Gasteiger partial charge in [0.2, 0.25) is 0 Å². The van der Waals surface area contributed by atoms with Gasteiger partial charge in [-0.15, -0.1) is 0 Å². The second kappa shape index (κ2) is 6.90. The van der Waals surface area contributed by atoms with Crippen LogP contribution in [-0.2, 0) is 11.2 Å². The first-order valence-corrected chi connectivity index (χ1v) is 7.66. The molecule has 1 aliphatic heterocycles. The van der Waals surface area contributed by atoms with Crippen molar-refractivity contribution < 1.29 is 4.74 Å². The summed E-state index contributed by atoms with van der Waals surface area (Å²) in [5, 5.41) is 4.28. The Kier molecular flexibility index (Phi) is 5.44. The molecule has 1 heterocycles. The first-order chi connectivity index (χ1) is 9.54. The van der Waals surface area contributed by atoms with Gasteiger partial charge in [-0.25, -0.2) is 0 Å². The third-order valence-corrected chi connectivity index (χ3v) is 4.63. The van der Waals surface area contributed by atoms with Crippen LogP contribution >= 0.6 is 11.6 Å². The maximum Gasteiger partial charge on any atom is 0.0594 e. The van der Waals surface area contributed by atoms with Gasteiger partial charge in [-0.3, -0.25) is 4.90 Å². The largest absolute Gasteiger partial charge is 0.379 e. The Morgan fingerprint density at radius 3 is 2.40 bits per heavy atom. The molecule has 0 radical (unpaired) electrons. The van der Waals surface area contributed by atoms with Crippen LogP contribution in [0, 0.1) is 0 Å². The fourth-order valence-electron chi connectivity index (χ4n) is 2.92. The highest BCUT2D eigenvalue weighted by molar-refractivity contribution is 6.30. The van der Waals surface area contributed by atoms with Crippen molar-refractivity contribution in [1.29, 1.82) is 0 Å². The molecule has 0 spiro atoms. The number of ether oxygens (including phenoxy) is 1. The molecule has 0 amide bonds. The SMILES string of the molecule is CNC(Cc1ccc(Cl)cc1)C(C)(C)N1CCOCC1. The maximum atomic E-state index is 5.96. The van der Waals surface area contributed by atoms with Gasteiger partial charge < -0.3 is 10.1 Å². The van der Waals surface area contributed by atoms with E-state index in [1.807, 2.05) is 19.2 Å². The van der Waals surface area contributed by atoms with E-state index in [0.717, 1.165) is 37.7 Å². The topological polar surface area (TPSA) is 24.5 Å². The molecule has 1 N–H and O–H groups in total. The second-order valence-corrected chi connectivity index (χ2v) is 6.36. The number of hydrogen-bond donors (Lipinski definition) is 1. The number of likely N-dealkylation sites (N-methyl/N-ethyl adjacent to an activating group) is 1. The van der Waals surface area contributed by atoms with Gasteiger partial charge in [-0.2, -0.15) is 0 Å². The summed E-state index contributed by atoms with van der Waals surface area (Å²) in [6.07, 6.45) is 0.998. The fourth-order valence-corrected chi connectivity index (χ4v) is 3.05. The smallest absolute Gasteiger partial charge is 0.0594 e. The van der Waals surface area contributed by atoms with Crippen molar-refractivity contribution >= 4 is 11.6 Å². The summed E-state index contributed by atoms with van der Waals surface area (Å²) in [6, 6.07) is 8.54. The zero-order valence-electron chi connectivity index (χ0n) is 12.7. The monoisotopic (exact) mass is 296 g/mol. The Balaban J connectivity index is 2.07. The van der Waals surface area contributed by atoms with Gasteiger partial charge >= 0.3 is 0 Å². The summed E-state index contributed by atoms with van der Waals surface area (Å²) in [7, 11) is 2.04. The van der Waals surface area contributed by atoms with Crippen molar-refractivity contribution in [3.8, 4) is 0 Å². The summed E-state index contributed by atoms with van der Waals surface area (Å²) < 4.78 is 5.46. The molecule has 1 aromatic rings. The Labute approximate surface area is 127 Å². The van der Waals surface area contributed by atoms with E-state index >= 15 is 0 Å². The van der Waals surface area contributed by atoms with E-state index in [2.05, 4.69) is 36.2 Å². The Morgan fingerprint density at radius 1 is 1.25 bits per heavy atom. The summed E-state index contributed by atoms with van der Waals surface area (Å²) in [6.45, 7) is 8.31. The average molecular weight is 297 g/mol. The highest BCUT2D eigenvalue weighted by Crippen LogP contribution is 2.23. The molecule has 1 saturated heterocycles. The molecule has 0 saturated carbocycles. The first-order valence-electron chi connectivity index (χ1n) is 7.28. The minimum atomic E-state index is 0.0954. The van der Waals surface area contributed by atoms with Crippen LogP contribution in [0.5, 0.6) is 0 Å². The molecule has 20 heavy (non-hydrogen) atoms. The summed E-state index contributed by atoms with van der Waals surface area (Å²) >= 11 is 5.96. The normalized spacial score (nSPS) is 19.0. The van der Waals surface area contributed by atoms with Crippen molar-refractivity contribution in [2.75, 3.05) is 33.4 Å². The molecule has 0 aromatic heterocycles. The molecule has 0 aliphatic carbocycles. The van der Waals surface area contributed by atoms with E-state index in [4.69, 9.17) is 16.3 Å². The van der Waals surface area contributed by atoms with Gasteiger partial charge in [0.1, 0.15) is 0 Å². The molecular weight excluding hydrogens is 272 g/mol. The molecule has 1 fully saturated rings. The van der Waals surface area contributed by atoms with Crippen LogP contribution < -0.4 is 5.32 Å². The first kappa shape index (κ1) is 15.8. The van der Waals surface area contributed by atoms with Crippen LogP contribution in [0.1, 0.15) is 19.4 Å². The standard InChI is InChI=1S/C16H25ClN2O/c1-16(2,19-8-10-20-11-9-19)15(18-3)12-13-4-6-14(17)7-5-13/h4-7,15,18H,8-12H2,1-3H3. The molecular formula is C16H25ClN2O. The molecule has 1 unspecified atom stereocenters. The lowest BCUT2D eigenvalue weighted by atomic mass is 9.87. The van der Waals surface area contributed by atoms with Crippen molar-refractivity contribution in [2.24, 2.45) is 0 Å². The highest BCUT2D eigenvalue weighted by atomic mass is 35.5. The van der Waals surface area contributed by atoms with E-state index in [9.17, 15) is 0 Å². The minimum absolute atomic E-state index is 0.0954. The molecule has 1 atom stereocenters. The lowest BCUT2D eigenvalue weighted by molar-refractivity contribution is -0.0223. The van der Waals surface area contributed by atoms with Gasteiger partial charge in [-0.1, -0.05) is 23.7 Å². The summed E-state index contributed by atoms with van der Waals surface area (Å²) in [5.41, 5.74) is 1.41. The number of halogens is 1. The van der Waals surface area contributed by atoms with E-state index in [0.29, 0.717) is 6.04 Å². The van der Waals surface area contributed by atoms with E-state index < -0.39 is 0 Å². The maximum absolute atomic E-state index is 5.96.